The molecule has 1 aliphatic carbocycles. The molecule has 0 amide bonds. The summed E-state index contributed by atoms with van der Waals surface area (Å²) in [6.07, 6.45) is 13.3. The van der Waals surface area contributed by atoms with E-state index in [9.17, 15) is 9.90 Å². The van der Waals surface area contributed by atoms with Gasteiger partial charge in [-0.25, -0.2) is 4.79 Å². The van der Waals surface area contributed by atoms with E-state index in [1.807, 2.05) is 12.1 Å². The molecule has 1 saturated carbocycles. The second-order valence-corrected chi connectivity index (χ2v) is 7.57. The molecular formula is C23H33NO3. The Labute approximate surface area is 163 Å². The maximum absolute atomic E-state index is 11.7. The first-order valence-corrected chi connectivity index (χ1v) is 10.0. The van der Waals surface area contributed by atoms with Crippen LogP contribution in [0.15, 0.2) is 54.1 Å². The van der Waals surface area contributed by atoms with Gasteiger partial charge in [0, 0.05) is 20.2 Å². The molecular weight excluding hydrogens is 338 g/mol. The fraction of sp³-hybridized carbons (Fsp3) is 0.522. The summed E-state index contributed by atoms with van der Waals surface area (Å²) in [5, 5.41) is 11.6. The Hall–Kier alpha value is -1.91. The van der Waals surface area contributed by atoms with Crippen LogP contribution >= 0.6 is 0 Å². The Morgan fingerprint density at radius 1 is 1.30 bits per heavy atom. The predicted molar refractivity (Wildman–Crippen MR) is 109 cm³/mol. The number of hydroxylamine groups is 2. The number of rotatable bonds is 9. The first-order valence-electron chi connectivity index (χ1n) is 10.0. The molecule has 0 radical (unpaired) electrons. The van der Waals surface area contributed by atoms with Gasteiger partial charge in [0.2, 0.25) is 0 Å². The molecule has 148 valence electrons. The number of aliphatic hydroxyl groups excluding tert-OH is 1. The lowest BCUT2D eigenvalue weighted by atomic mass is 9.85. The van der Waals surface area contributed by atoms with Gasteiger partial charge in [0.1, 0.15) is 0 Å². The van der Waals surface area contributed by atoms with E-state index in [-0.39, 0.29) is 12.1 Å². The number of hydrogen-bond acceptors (Lipinski definition) is 4. The minimum Gasteiger partial charge on any atom is -0.389 e. The second-order valence-electron chi connectivity index (χ2n) is 7.57. The standard InChI is InChI=1S/C23H33NO3/c1-24(2)27-23(26)18-21-13-8-12-20(17-21)15-16-22(25)14-7-6-11-19-9-4-3-5-10-19/h3-5,9-10,15-16,18,20,22,25H,6-8,11-14,17H2,1-2H3/b16-15+,21-18-/t20-,22?/m0/s1. The van der Waals surface area contributed by atoms with Crippen molar-refractivity contribution in [3.63, 3.8) is 0 Å². The first kappa shape index (κ1) is 21.4. The van der Waals surface area contributed by atoms with Gasteiger partial charge in [0.15, 0.2) is 0 Å². The fourth-order valence-corrected chi connectivity index (χ4v) is 3.51. The second kappa shape index (κ2) is 11.7. The zero-order valence-corrected chi connectivity index (χ0v) is 16.6. The van der Waals surface area contributed by atoms with Gasteiger partial charge in [0.05, 0.1) is 6.10 Å². The summed E-state index contributed by atoms with van der Waals surface area (Å²) in [5.41, 5.74) is 2.50. The Bertz CT molecular complexity index is 622. The quantitative estimate of drug-likeness (QED) is 0.301. The van der Waals surface area contributed by atoms with Crippen molar-refractivity contribution in [3.05, 3.63) is 59.7 Å². The minimum absolute atomic E-state index is 0.307. The van der Waals surface area contributed by atoms with Gasteiger partial charge < -0.3 is 9.94 Å². The molecule has 0 aromatic heterocycles. The van der Waals surface area contributed by atoms with Gasteiger partial charge in [-0.05, 0) is 56.4 Å². The van der Waals surface area contributed by atoms with E-state index in [0.717, 1.165) is 56.9 Å². The number of nitrogens with zero attached hydrogens (tertiary/aromatic N) is 1. The highest BCUT2D eigenvalue weighted by molar-refractivity contribution is 5.82. The van der Waals surface area contributed by atoms with Gasteiger partial charge in [-0.3, -0.25) is 0 Å². The molecule has 0 aliphatic heterocycles. The lowest BCUT2D eigenvalue weighted by molar-refractivity contribution is -0.171. The van der Waals surface area contributed by atoms with Crippen LogP contribution in [0.25, 0.3) is 0 Å². The molecule has 0 saturated heterocycles. The van der Waals surface area contributed by atoms with Crippen LogP contribution in [0.5, 0.6) is 0 Å². The highest BCUT2D eigenvalue weighted by Gasteiger charge is 2.16. The molecule has 1 aliphatic rings. The van der Waals surface area contributed by atoms with Crippen molar-refractivity contribution in [1.82, 2.24) is 5.06 Å². The smallest absolute Gasteiger partial charge is 0.349 e. The predicted octanol–water partition coefficient (Wildman–Crippen LogP) is 4.45. The maximum atomic E-state index is 11.7. The van der Waals surface area contributed by atoms with Crippen molar-refractivity contribution in [1.29, 1.82) is 0 Å². The van der Waals surface area contributed by atoms with Gasteiger partial charge in [0.25, 0.3) is 0 Å². The molecule has 2 rings (SSSR count). The van der Waals surface area contributed by atoms with E-state index in [2.05, 4.69) is 30.3 Å². The summed E-state index contributed by atoms with van der Waals surface area (Å²) in [4.78, 5) is 16.8. The molecule has 1 fully saturated rings. The Balaban J connectivity index is 1.69. The number of carbonyl (C=O) groups is 1. The van der Waals surface area contributed by atoms with Crippen molar-refractivity contribution >= 4 is 5.97 Å². The van der Waals surface area contributed by atoms with Crippen LogP contribution in [0.4, 0.5) is 0 Å². The monoisotopic (exact) mass is 371 g/mol. The summed E-state index contributed by atoms with van der Waals surface area (Å²) in [6, 6.07) is 10.5. The molecule has 1 aromatic carbocycles. The molecule has 0 bridgehead atoms. The van der Waals surface area contributed by atoms with Gasteiger partial charge in [-0.15, -0.1) is 5.06 Å². The average molecular weight is 372 g/mol. The van der Waals surface area contributed by atoms with Crippen molar-refractivity contribution in [2.24, 2.45) is 5.92 Å². The molecule has 1 aromatic rings. The van der Waals surface area contributed by atoms with Crippen LogP contribution in [0, 0.1) is 5.92 Å². The molecule has 0 spiro atoms. The van der Waals surface area contributed by atoms with Crippen LogP contribution in [0.2, 0.25) is 0 Å². The van der Waals surface area contributed by atoms with Crippen LogP contribution in [0.1, 0.15) is 50.5 Å². The topological polar surface area (TPSA) is 49.8 Å². The Kier molecular flexibility index (Phi) is 9.29. The summed E-state index contributed by atoms with van der Waals surface area (Å²) >= 11 is 0. The molecule has 27 heavy (non-hydrogen) atoms. The van der Waals surface area contributed by atoms with Crippen LogP contribution in [0.3, 0.4) is 0 Å². The molecule has 0 heterocycles. The number of carbonyl (C=O) groups excluding carboxylic acids is 1. The number of hydrogen-bond donors (Lipinski definition) is 1. The Morgan fingerprint density at radius 2 is 2.07 bits per heavy atom. The zero-order valence-electron chi connectivity index (χ0n) is 16.6. The van der Waals surface area contributed by atoms with E-state index in [0.29, 0.717) is 5.92 Å². The average Bonchev–Trinajstić information content (AvgIpc) is 2.64. The number of unbranched alkanes of at least 4 members (excludes halogenated alkanes) is 1. The molecule has 4 heteroatoms. The summed E-state index contributed by atoms with van der Waals surface area (Å²) < 4.78 is 0. The third-order valence-electron chi connectivity index (χ3n) is 4.86. The van der Waals surface area contributed by atoms with Crippen LogP contribution < -0.4 is 0 Å². The number of benzene rings is 1. The van der Waals surface area contributed by atoms with Crippen LogP contribution in [-0.4, -0.2) is 36.3 Å². The van der Waals surface area contributed by atoms with E-state index in [1.54, 1.807) is 20.2 Å². The fourth-order valence-electron chi connectivity index (χ4n) is 3.51. The maximum Gasteiger partial charge on any atom is 0.349 e. The van der Waals surface area contributed by atoms with E-state index < -0.39 is 0 Å². The number of aryl methyl sites for hydroxylation is 1. The SMILES string of the molecule is CN(C)OC(=O)/C=C1/CCC[C@@H](/C=C/C(O)CCCCc2ccccc2)C1. The third-order valence-corrected chi connectivity index (χ3v) is 4.86. The van der Waals surface area contributed by atoms with E-state index in [4.69, 9.17) is 4.84 Å². The van der Waals surface area contributed by atoms with Gasteiger partial charge in [-0.2, -0.15) is 0 Å². The number of allylic oxidation sites excluding steroid dienone is 2. The van der Waals surface area contributed by atoms with Crippen molar-refractivity contribution in [2.45, 2.75) is 57.5 Å². The zero-order chi connectivity index (χ0) is 19.5. The highest BCUT2D eigenvalue weighted by atomic mass is 16.7. The number of aliphatic hydroxyl groups is 1. The van der Waals surface area contributed by atoms with Crippen molar-refractivity contribution in [2.75, 3.05) is 14.1 Å². The summed E-state index contributed by atoms with van der Waals surface area (Å²) in [6.45, 7) is 0. The van der Waals surface area contributed by atoms with E-state index >= 15 is 0 Å². The Morgan fingerprint density at radius 3 is 2.81 bits per heavy atom. The molecule has 2 atom stereocenters. The normalized spacial score (nSPS) is 20.3. The summed E-state index contributed by atoms with van der Waals surface area (Å²) in [5.74, 6) is 0.0919. The van der Waals surface area contributed by atoms with Crippen molar-refractivity contribution < 1.29 is 14.7 Å². The van der Waals surface area contributed by atoms with Gasteiger partial charge in [-0.1, -0.05) is 54.5 Å². The first-order chi connectivity index (χ1) is 13.0. The summed E-state index contributed by atoms with van der Waals surface area (Å²) in [7, 11) is 3.40. The lowest BCUT2D eigenvalue weighted by Gasteiger charge is -2.22. The highest BCUT2D eigenvalue weighted by Crippen LogP contribution is 2.29. The van der Waals surface area contributed by atoms with Crippen LogP contribution in [-0.2, 0) is 16.1 Å². The largest absolute Gasteiger partial charge is 0.389 e. The van der Waals surface area contributed by atoms with Crippen molar-refractivity contribution in [3.8, 4) is 0 Å². The minimum atomic E-state index is -0.381. The lowest BCUT2D eigenvalue weighted by Crippen LogP contribution is -2.18. The molecule has 1 N–H and O–H groups in total. The van der Waals surface area contributed by atoms with Gasteiger partial charge >= 0.3 is 5.97 Å². The molecule has 4 nitrogen and oxygen atoms in total. The van der Waals surface area contributed by atoms with E-state index in [1.165, 1.54) is 10.6 Å². The third kappa shape index (κ3) is 9.03. The molecule has 1 unspecified atom stereocenters.